The van der Waals surface area contributed by atoms with Crippen LogP contribution in [0.2, 0.25) is 0 Å². The third-order valence-electron chi connectivity index (χ3n) is 2.67. The van der Waals surface area contributed by atoms with E-state index in [2.05, 4.69) is 27.5 Å². The van der Waals surface area contributed by atoms with Gasteiger partial charge in [0.25, 0.3) is 0 Å². The lowest BCUT2D eigenvalue weighted by Crippen LogP contribution is -2.18. The molecule has 0 amide bonds. The van der Waals surface area contributed by atoms with Gasteiger partial charge in [0.1, 0.15) is 17.5 Å². The van der Waals surface area contributed by atoms with E-state index in [-0.39, 0.29) is 6.61 Å². The monoisotopic (exact) mass is 238 g/mol. The van der Waals surface area contributed by atoms with Crippen molar-refractivity contribution in [1.82, 2.24) is 9.97 Å². The highest BCUT2D eigenvalue weighted by Gasteiger charge is 2.10. The molecule has 0 saturated carbocycles. The predicted molar refractivity (Wildman–Crippen MR) is 70.5 cm³/mol. The maximum Gasteiger partial charge on any atom is 0.134 e. The summed E-state index contributed by atoms with van der Waals surface area (Å²) >= 11 is 0. The smallest absolute Gasteiger partial charge is 0.134 e. The fourth-order valence-electron chi connectivity index (χ4n) is 1.72. The number of aryl methyl sites for hydroxylation is 1. The van der Waals surface area contributed by atoms with Crippen LogP contribution in [-0.2, 0) is 0 Å². The zero-order valence-electron chi connectivity index (χ0n) is 11.0. The minimum Gasteiger partial charge on any atom is -0.396 e. The van der Waals surface area contributed by atoms with E-state index in [0.29, 0.717) is 6.04 Å². The molecule has 0 bridgehead atoms. The second-order valence-corrected chi connectivity index (χ2v) is 4.25. The summed E-state index contributed by atoms with van der Waals surface area (Å²) in [6.07, 6.45) is 1.73. The Kier molecular flexibility index (Phi) is 5.15. The molecule has 1 atom stereocenters. The fourth-order valence-corrected chi connectivity index (χ4v) is 1.72. The summed E-state index contributed by atoms with van der Waals surface area (Å²) in [7, 11) is 1.85. The molecule has 0 radical (unpaired) electrons. The van der Waals surface area contributed by atoms with E-state index < -0.39 is 0 Å². The van der Waals surface area contributed by atoms with Gasteiger partial charge in [-0.2, -0.15) is 0 Å². The number of aromatic nitrogens is 2. The second-order valence-electron chi connectivity index (χ2n) is 4.25. The minimum atomic E-state index is 0.232. The minimum absolute atomic E-state index is 0.232. The quantitative estimate of drug-likeness (QED) is 0.704. The third kappa shape index (κ3) is 3.85. The van der Waals surface area contributed by atoms with Gasteiger partial charge in [-0.1, -0.05) is 0 Å². The fraction of sp³-hybridized carbons (Fsp3) is 0.667. The van der Waals surface area contributed by atoms with Crippen LogP contribution in [-0.4, -0.2) is 34.8 Å². The lowest BCUT2D eigenvalue weighted by molar-refractivity contribution is 0.282. The Hall–Kier alpha value is -1.36. The van der Waals surface area contributed by atoms with E-state index in [4.69, 9.17) is 5.11 Å². The van der Waals surface area contributed by atoms with Gasteiger partial charge in [-0.3, -0.25) is 0 Å². The first-order valence-corrected chi connectivity index (χ1v) is 5.98. The first kappa shape index (κ1) is 13.7. The predicted octanol–water partition coefficient (Wildman–Crippen LogP) is 1.71. The van der Waals surface area contributed by atoms with Crippen molar-refractivity contribution in [3.63, 3.8) is 0 Å². The summed E-state index contributed by atoms with van der Waals surface area (Å²) in [6.45, 7) is 6.19. The van der Waals surface area contributed by atoms with Crippen molar-refractivity contribution in [2.24, 2.45) is 0 Å². The number of nitrogens with zero attached hydrogens (tertiary/aromatic N) is 2. The Labute approximate surface area is 103 Å². The summed E-state index contributed by atoms with van der Waals surface area (Å²) in [6, 6.07) is 0.292. The number of rotatable bonds is 6. The standard InChI is InChI=1S/C12H22N4O/c1-8(6-5-7-17)14-12-9(2)11(13-4)15-10(3)16-12/h8,17H,5-7H2,1-4H3,(H2,13,14,15,16). The molecule has 3 N–H and O–H groups in total. The Morgan fingerprint density at radius 2 is 1.88 bits per heavy atom. The van der Waals surface area contributed by atoms with Crippen LogP contribution in [0.4, 0.5) is 11.6 Å². The van der Waals surface area contributed by atoms with Crippen LogP contribution in [0.1, 0.15) is 31.2 Å². The third-order valence-corrected chi connectivity index (χ3v) is 2.67. The number of aliphatic hydroxyl groups is 1. The average molecular weight is 238 g/mol. The van der Waals surface area contributed by atoms with Gasteiger partial charge in [0.05, 0.1) is 0 Å². The second kappa shape index (κ2) is 6.39. The van der Waals surface area contributed by atoms with E-state index in [1.807, 2.05) is 20.9 Å². The molecule has 5 nitrogen and oxygen atoms in total. The Bertz CT molecular complexity index is 368. The average Bonchev–Trinajstić information content (AvgIpc) is 2.30. The lowest BCUT2D eigenvalue weighted by atomic mass is 10.2. The number of anilines is 2. The van der Waals surface area contributed by atoms with E-state index in [1.165, 1.54) is 0 Å². The van der Waals surface area contributed by atoms with Crippen LogP contribution in [0.3, 0.4) is 0 Å². The summed E-state index contributed by atoms with van der Waals surface area (Å²) in [4.78, 5) is 8.72. The molecule has 17 heavy (non-hydrogen) atoms. The van der Waals surface area contributed by atoms with Gasteiger partial charge in [-0.05, 0) is 33.6 Å². The van der Waals surface area contributed by atoms with E-state index in [9.17, 15) is 0 Å². The highest BCUT2D eigenvalue weighted by molar-refractivity contribution is 5.57. The zero-order chi connectivity index (χ0) is 12.8. The number of hydrogen-bond donors (Lipinski definition) is 3. The van der Waals surface area contributed by atoms with Gasteiger partial charge >= 0.3 is 0 Å². The van der Waals surface area contributed by atoms with Crippen LogP contribution < -0.4 is 10.6 Å². The normalized spacial score (nSPS) is 12.3. The highest BCUT2D eigenvalue weighted by Crippen LogP contribution is 2.20. The molecule has 1 aromatic rings. The van der Waals surface area contributed by atoms with Crippen molar-refractivity contribution in [2.45, 2.75) is 39.7 Å². The molecule has 1 heterocycles. The van der Waals surface area contributed by atoms with Gasteiger partial charge in [0.15, 0.2) is 0 Å². The molecule has 0 saturated heterocycles. The molecule has 1 unspecified atom stereocenters. The number of nitrogens with one attached hydrogen (secondary N) is 2. The summed E-state index contributed by atoms with van der Waals surface area (Å²) in [5.41, 5.74) is 1.02. The highest BCUT2D eigenvalue weighted by atomic mass is 16.2. The first-order chi connectivity index (χ1) is 8.08. The Morgan fingerprint density at radius 1 is 1.24 bits per heavy atom. The maximum atomic E-state index is 8.80. The van der Waals surface area contributed by atoms with Crippen molar-refractivity contribution < 1.29 is 5.11 Å². The Morgan fingerprint density at radius 3 is 2.47 bits per heavy atom. The number of hydrogen-bond acceptors (Lipinski definition) is 5. The molecule has 0 aliphatic heterocycles. The van der Waals surface area contributed by atoms with Crippen LogP contribution in [0.5, 0.6) is 0 Å². The molecular weight excluding hydrogens is 216 g/mol. The van der Waals surface area contributed by atoms with Crippen molar-refractivity contribution in [3.8, 4) is 0 Å². The van der Waals surface area contributed by atoms with Crippen LogP contribution in [0.25, 0.3) is 0 Å². The molecule has 1 rings (SSSR count). The molecule has 0 spiro atoms. The molecule has 0 aromatic carbocycles. The van der Waals surface area contributed by atoms with E-state index in [0.717, 1.165) is 35.9 Å². The summed E-state index contributed by atoms with van der Waals surface area (Å²) in [5.74, 6) is 2.47. The van der Waals surface area contributed by atoms with Crippen molar-refractivity contribution in [1.29, 1.82) is 0 Å². The van der Waals surface area contributed by atoms with Crippen LogP contribution in [0.15, 0.2) is 0 Å². The SMILES string of the molecule is CNc1nc(C)nc(NC(C)CCCO)c1C. The maximum absolute atomic E-state index is 8.80. The van der Waals surface area contributed by atoms with Crippen LogP contribution >= 0.6 is 0 Å². The largest absolute Gasteiger partial charge is 0.396 e. The summed E-state index contributed by atoms with van der Waals surface area (Å²) < 4.78 is 0. The van der Waals surface area contributed by atoms with Gasteiger partial charge in [0.2, 0.25) is 0 Å². The van der Waals surface area contributed by atoms with Gasteiger partial charge < -0.3 is 15.7 Å². The molecule has 1 aromatic heterocycles. The molecule has 0 fully saturated rings. The van der Waals surface area contributed by atoms with Crippen LogP contribution in [0, 0.1) is 13.8 Å². The Balaban J connectivity index is 2.79. The van der Waals surface area contributed by atoms with Gasteiger partial charge in [-0.25, -0.2) is 9.97 Å². The first-order valence-electron chi connectivity index (χ1n) is 5.98. The van der Waals surface area contributed by atoms with E-state index >= 15 is 0 Å². The molecule has 5 heteroatoms. The topological polar surface area (TPSA) is 70.1 Å². The number of aliphatic hydroxyl groups excluding tert-OH is 1. The molecule has 96 valence electrons. The molecule has 0 aliphatic rings. The summed E-state index contributed by atoms with van der Waals surface area (Å²) in [5, 5.41) is 15.2. The molecular formula is C12H22N4O. The van der Waals surface area contributed by atoms with E-state index in [1.54, 1.807) is 0 Å². The lowest BCUT2D eigenvalue weighted by Gasteiger charge is -2.17. The zero-order valence-corrected chi connectivity index (χ0v) is 11.0. The van der Waals surface area contributed by atoms with Crippen molar-refractivity contribution >= 4 is 11.6 Å². The molecule has 0 aliphatic carbocycles. The van der Waals surface area contributed by atoms with Gasteiger partial charge in [0, 0.05) is 25.3 Å². The van der Waals surface area contributed by atoms with Crippen molar-refractivity contribution in [2.75, 3.05) is 24.3 Å². The van der Waals surface area contributed by atoms with Crippen molar-refractivity contribution in [3.05, 3.63) is 11.4 Å². The van der Waals surface area contributed by atoms with Gasteiger partial charge in [-0.15, -0.1) is 0 Å².